The number of carbonyl (C=O) groups is 3. The maximum Gasteiger partial charge on any atom is 0.325 e. The zero-order valence-electron chi connectivity index (χ0n) is 15.3. The minimum atomic E-state index is -1.80. The number of hydrogen-bond acceptors (Lipinski definition) is 3. The van der Waals surface area contributed by atoms with Gasteiger partial charge in [-0.1, -0.05) is 30.3 Å². The van der Waals surface area contributed by atoms with Crippen LogP contribution in [0.4, 0.5) is 13.6 Å². The Labute approximate surface area is 160 Å². The number of nitrogens with one attached hydrogen (secondary N) is 2. The first-order valence-electron chi connectivity index (χ1n) is 8.66. The molecular formula is C20H19F2N3O3. The number of amides is 4. The van der Waals surface area contributed by atoms with Crippen LogP contribution >= 0.6 is 0 Å². The molecule has 1 aliphatic heterocycles. The summed E-state index contributed by atoms with van der Waals surface area (Å²) < 4.78 is 27.7. The van der Waals surface area contributed by atoms with Gasteiger partial charge in [0.05, 0.1) is 6.04 Å². The first kappa shape index (κ1) is 19.5. The van der Waals surface area contributed by atoms with Gasteiger partial charge in [0, 0.05) is 5.56 Å². The lowest BCUT2D eigenvalue weighted by Crippen LogP contribution is -2.44. The molecule has 28 heavy (non-hydrogen) atoms. The third kappa shape index (κ3) is 3.58. The van der Waals surface area contributed by atoms with Crippen molar-refractivity contribution < 1.29 is 23.2 Å². The van der Waals surface area contributed by atoms with Crippen molar-refractivity contribution in [1.29, 1.82) is 0 Å². The lowest BCUT2D eigenvalue weighted by molar-refractivity contribution is -0.135. The molecule has 0 aromatic heterocycles. The number of halogens is 2. The van der Waals surface area contributed by atoms with E-state index in [4.69, 9.17) is 0 Å². The average molecular weight is 387 g/mol. The van der Waals surface area contributed by atoms with Gasteiger partial charge in [-0.25, -0.2) is 13.6 Å². The second-order valence-electron chi connectivity index (χ2n) is 6.77. The summed E-state index contributed by atoms with van der Waals surface area (Å²) >= 11 is 0. The van der Waals surface area contributed by atoms with Crippen molar-refractivity contribution >= 4 is 17.8 Å². The Balaban J connectivity index is 1.75. The molecule has 2 aromatic rings. The van der Waals surface area contributed by atoms with Gasteiger partial charge in [0.15, 0.2) is 0 Å². The van der Waals surface area contributed by atoms with Crippen molar-refractivity contribution in [2.45, 2.75) is 25.4 Å². The molecule has 2 atom stereocenters. The summed E-state index contributed by atoms with van der Waals surface area (Å²) in [5.41, 5.74) is -1.24. The van der Waals surface area contributed by atoms with E-state index < -0.39 is 41.6 Å². The molecule has 1 fully saturated rings. The summed E-state index contributed by atoms with van der Waals surface area (Å²) in [4.78, 5) is 38.0. The van der Waals surface area contributed by atoms with Crippen LogP contribution in [-0.2, 0) is 15.1 Å². The number of rotatable bonds is 5. The van der Waals surface area contributed by atoms with Gasteiger partial charge in [-0.3, -0.25) is 14.5 Å². The highest BCUT2D eigenvalue weighted by Crippen LogP contribution is 2.31. The largest absolute Gasteiger partial charge is 0.348 e. The van der Waals surface area contributed by atoms with Crippen LogP contribution in [0.25, 0.3) is 0 Å². The predicted octanol–water partition coefficient (Wildman–Crippen LogP) is 2.61. The quantitative estimate of drug-likeness (QED) is 0.774. The van der Waals surface area contributed by atoms with E-state index in [2.05, 4.69) is 10.6 Å². The first-order chi connectivity index (χ1) is 13.2. The Bertz CT molecular complexity index is 936. The summed E-state index contributed by atoms with van der Waals surface area (Å²) in [5.74, 6) is -2.96. The second-order valence-corrected chi connectivity index (χ2v) is 6.77. The molecule has 3 rings (SSSR count). The van der Waals surface area contributed by atoms with Crippen molar-refractivity contribution in [3.63, 3.8) is 0 Å². The number of nitrogens with zero attached hydrogens (tertiary/aromatic N) is 1. The Morgan fingerprint density at radius 1 is 1.18 bits per heavy atom. The maximum absolute atomic E-state index is 14.1. The number of hydrogen-bond donors (Lipinski definition) is 2. The van der Waals surface area contributed by atoms with Gasteiger partial charge in [0.1, 0.15) is 23.7 Å². The van der Waals surface area contributed by atoms with Crippen molar-refractivity contribution in [2.24, 2.45) is 0 Å². The molecule has 0 bridgehead atoms. The average Bonchev–Trinajstić information content (AvgIpc) is 2.88. The third-order valence-electron chi connectivity index (χ3n) is 4.72. The van der Waals surface area contributed by atoms with E-state index in [0.717, 1.165) is 23.8 Å². The molecule has 0 saturated carbocycles. The fourth-order valence-corrected chi connectivity index (χ4v) is 3.16. The van der Waals surface area contributed by atoms with E-state index in [9.17, 15) is 23.2 Å². The lowest BCUT2D eigenvalue weighted by atomic mass is 9.91. The Kier molecular flexibility index (Phi) is 5.13. The van der Waals surface area contributed by atoms with Crippen LogP contribution in [0.5, 0.6) is 0 Å². The fourth-order valence-electron chi connectivity index (χ4n) is 3.16. The standard InChI is InChI=1S/C20H19F2N3O3/c1-12(13-6-4-3-5-7-13)23-17(26)11-25-18(27)20(2,24-19(25)28)15-10-14(21)8-9-16(15)22/h3-10,12H,11H2,1-2H3,(H,23,26)(H,24,28)/t12-,20+/m0/s1. The molecule has 1 saturated heterocycles. The Hall–Kier alpha value is -3.29. The van der Waals surface area contributed by atoms with Gasteiger partial charge >= 0.3 is 6.03 Å². The Morgan fingerprint density at radius 3 is 2.54 bits per heavy atom. The van der Waals surface area contributed by atoms with E-state index in [1.165, 1.54) is 6.92 Å². The highest BCUT2D eigenvalue weighted by molar-refractivity contribution is 6.09. The van der Waals surface area contributed by atoms with Crippen LogP contribution in [0.1, 0.15) is 31.0 Å². The van der Waals surface area contributed by atoms with E-state index in [0.29, 0.717) is 4.90 Å². The predicted molar refractivity (Wildman–Crippen MR) is 97.0 cm³/mol. The van der Waals surface area contributed by atoms with Gasteiger partial charge in [0.25, 0.3) is 5.91 Å². The summed E-state index contributed by atoms with van der Waals surface area (Å²) in [6, 6.07) is 10.6. The van der Waals surface area contributed by atoms with Crippen molar-refractivity contribution in [2.75, 3.05) is 6.54 Å². The highest BCUT2D eigenvalue weighted by Gasteiger charge is 2.50. The van der Waals surface area contributed by atoms with Crippen LogP contribution in [0, 0.1) is 11.6 Å². The van der Waals surface area contributed by atoms with E-state index in [1.807, 2.05) is 30.3 Å². The van der Waals surface area contributed by atoms with Gasteiger partial charge in [0.2, 0.25) is 5.91 Å². The summed E-state index contributed by atoms with van der Waals surface area (Å²) in [6.45, 7) is 2.51. The molecule has 8 heteroatoms. The number of urea groups is 1. The molecular weight excluding hydrogens is 368 g/mol. The van der Waals surface area contributed by atoms with Crippen LogP contribution in [0.2, 0.25) is 0 Å². The molecule has 4 amide bonds. The number of benzene rings is 2. The van der Waals surface area contributed by atoms with Gasteiger partial charge in [-0.05, 0) is 37.6 Å². The smallest absolute Gasteiger partial charge is 0.325 e. The molecule has 6 nitrogen and oxygen atoms in total. The van der Waals surface area contributed by atoms with E-state index >= 15 is 0 Å². The highest BCUT2D eigenvalue weighted by atomic mass is 19.1. The zero-order valence-corrected chi connectivity index (χ0v) is 15.3. The van der Waals surface area contributed by atoms with Crippen molar-refractivity contribution in [3.05, 3.63) is 71.3 Å². The number of imide groups is 1. The summed E-state index contributed by atoms with van der Waals surface area (Å²) in [5, 5.41) is 5.06. The van der Waals surface area contributed by atoms with Gasteiger partial charge < -0.3 is 10.6 Å². The zero-order chi connectivity index (χ0) is 20.5. The van der Waals surface area contributed by atoms with Gasteiger partial charge in [-0.15, -0.1) is 0 Å². The van der Waals surface area contributed by atoms with Crippen LogP contribution in [0.15, 0.2) is 48.5 Å². The number of carbonyl (C=O) groups excluding carboxylic acids is 3. The minimum Gasteiger partial charge on any atom is -0.348 e. The molecule has 0 aliphatic carbocycles. The van der Waals surface area contributed by atoms with E-state index in [-0.39, 0.29) is 11.6 Å². The molecule has 2 N–H and O–H groups in total. The SMILES string of the molecule is C[C@H](NC(=O)CN1C(=O)N[C@](C)(c2cc(F)ccc2F)C1=O)c1ccccc1. The normalized spacial score (nSPS) is 20.1. The second kappa shape index (κ2) is 7.38. The molecule has 2 aromatic carbocycles. The van der Waals surface area contributed by atoms with E-state index in [1.54, 1.807) is 6.92 Å². The minimum absolute atomic E-state index is 0.300. The van der Waals surface area contributed by atoms with Crippen molar-refractivity contribution in [3.8, 4) is 0 Å². The monoisotopic (exact) mass is 387 g/mol. The van der Waals surface area contributed by atoms with Crippen molar-refractivity contribution in [1.82, 2.24) is 15.5 Å². The Morgan fingerprint density at radius 2 is 1.86 bits per heavy atom. The molecule has 0 radical (unpaired) electrons. The lowest BCUT2D eigenvalue weighted by Gasteiger charge is -2.23. The summed E-state index contributed by atoms with van der Waals surface area (Å²) in [7, 11) is 0. The maximum atomic E-state index is 14.1. The summed E-state index contributed by atoms with van der Waals surface area (Å²) in [6.07, 6.45) is 0. The molecule has 1 aliphatic rings. The molecule has 146 valence electrons. The molecule has 1 heterocycles. The molecule has 0 unspecified atom stereocenters. The van der Waals surface area contributed by atoms with Crippen LogP contribution in [0.3, 0.4) is 0 Å². The third-order valence-corrected chi connectivity index (χ3v) is 4.72. The molecule has 0 spiro atoms. The first-order valence-corrected chi connectivity index (χ1v) is 8.66. The topological polar surface area (TPSA) is 78.5 Å². The van der Waals surface area contributed by atoms with Crippen LogP contribution in [-0.4, -0.2) is 29.3 Å². The fraction of sp³-hybridized carbons (Fsp3) is 0.250. The van der Waals surface area contributed by atoms with Crippen LogP contribution < -0.4 is 10.6 Å². The van der Waals surface area contributed by atoms with Gasteiger partial charge in [-0.2, -0.15) is 0 Å².